The average molecular weight is 626 g/mol. The normalized spacial score (nSPS) is 11.7. The molecule has 49 heavy (non-hydrogen) atoms. The van der Waals surface area contributed by atoms with Crippen molar-refractivity contribution in [2.75, 3.05) is 0 Å². The van der Waals surface area contributed by atoms with Gasteiger partial charge in [-0.1, -0.05) is 146 Å². The molecule has 8 aromatic carbocycles. The van der Waals surface area contributed by atoms with E-state index in [2.05, 4.69) is 103 Å². The zero-order chi connectivity index (χ0) is 32.3. The van der Waals surface area contributed by atoms with Crippen molar-refractivity contribution in [3.05, 3.63) is 164 Å². The van der Waals surface area contributed by atoms with Gasteiger partial charge in [-0.3, -0.25) is 0 Å². The Morgan fingerprint density at radius 3 is 1.69 bits per heavy atom. The van der Waals surface area contributed by atoms with E-state index in [1.54, 1.807) is 0 Å². The zero-order valence-electron chi connectivity index (χ0n) is 26.3. The maximum atomic E-state index is 6.24. The molecule has 0 saturated carbocycles. The fraction of sp³-hybridized carbons (Fsp3) is 0. The Kier molecular flexibility index (Phi) is 6.15. The van der Waals surface area contributed by atoms with Crippen molar-refractivity contribution >= 4 is 54.3 Å². The van der Waals surface area contributed by atoms with Crippen molar-refractivity contribution < 1.29 is 4.42 Å². The molecule has 0 spiro atoms. The van der Waals surface area contributed by atoms with Crippen molar-refractivity contribution in [2.24, 2.45) is 0 Å². The number of hydrogen-bond donors (Lipinski definition) is 0. The average Bonchev–Trinajstić information content (AvgIpc) is 3.56. The van der Waals surface area contributed by atoms with Crippen LogP contribution in [0.15, 0.2) is 168 Å². The molecule has 2 heterocycles. The van der Waals surface area contributed by atoms with Crippen LogP contribution in [-0.4, -0.2) is 15.0 Å². The Morgan fingerprint density at radius 1 is 0.327 bits per heavy atom. The summed E-state index contributed by atoms with van der Waals surface area (Å²) in [6.07, 6.45) is 0. The summed E-state index contributed by atoms with van der Waals surface area (Å²) < 4.78 is 6.24. The van der Waals surface area contributed by atoms with E-state index in [4.69, 9.17) is 19.4 Å². The maximum Gasteiger partial charge on any atom is 0.164 e. The van der Waals surface area contributed by atoms with E-state index < -0.39 is 0 Å². The number of furan rings is 1. The molecule has 0 atom stereocenters. The smallest absolute Gasteiger partial charge is 0.164 e. The predicted molar refractivity (Wildman–Crippen MR) is 201 cm³/mol. The molecular weight excluding hydrogens is 599 g/mol. The monoisotopic (exact) mass is 625 g/mol. The first kappa shape index (κ1) is 27.5. The highest BCUT2D eigenvalue weighted by Crippen LogP contribution is 2.41. The second-order valence-electron chi connectivity index (χ2n) is 12.3. The largest absolute Gasteiger partial charge is 0.456 e. The van der Waals surface area contributed by atoms with Crippen LogP contribution in [0.1, 0.15) is 0 Å². The molecule has 0 saturated heterocycles. The highest BCUT2D eigenvalue weighted by Gasteiger charge is 2.19. The van der Waals surface area contributed by atoms with Gasteiger partial charge >= 0.3 is 0 Å². The molecule has 0 bridgehead atoms. The van der Waals surface area contributed by atoms with E-state index in [-0.39, 0.29) is 0 Å². The van der Waals surface area contributed by atoms with Crippen molar-refractivity contribution in [2.45, 2.75) is 0 Å². The topological polar surface area (TPSA) is 51.8 Å². The molecule has 228 valence electrons. The van der Waals surface area contributed by atoms with Crippen LogP contribution >= 0.6 is 0 Å². The summed E-state index contributed by atoms with van der Waals surface area (Å²) in [6.45, 7) is 0. The summed E-state index contributed by atoms with van der Waals surface area (Å²) in [7, 11) is 0. The number of hydrogen-bond acceptors (Lipinski definition) is 4. The highest BCUT2D eigenvalue weighted by molar-refractivity contribution is 6.17. The summed E-state index contributed by atoms with van der Waals surface area (Å²) in [5.74, 6) is 1.86. The first-order valence-corrected chi connectivity index (χ1v) is 16.5. The van der Waals surface area contributed by atoms with Crippen LogP contribution in [-0.2, 0) is 0 Å². The molecule has 0 radical (unpaired) electrons. The quantitative estimate of drug-likeness (QED) is 0.183. The Balaban J connectivity index is 1.23. The molecule has 4 heteroatoms. The van der Waals surface area contributed by atoms with Gasteiger partial charge in [0.15, 0.2) is 17.5 Å². The second kappa shape index (κ2) is 11.0. The molecule has 2 aromatic heterocycles. The molecule has 0 fully saturated rings. The van der Waals surface area contributed by atoms with E-state index in [0.29, 0.717) is 17.5 Å². The third-order valence-electron chi connectivity index (χ3n) is 9.53. The summed E-state index contributed by atoms with van der Waals surface area (Å²) in [6, 6.07) is 56.9. The van der Waals surface area contributed by atoms with Crippen LogP contribution in [0.5, 0.6) is 0 Å². The first-order chi connectivity index (χ1) is 24.3. The van der Waals surface area contributed by atoms with Crippen molar-refractivity contribution in [3.63, 3.8) is 0 Å². The maximum absolute atomic E-state index is 6.24. The van der Waals surface area contributed by atoms with Crippen LogP contribution in [0.3, 0.4) is 0 Å². The van der Waals surface area contributed by atoms with E-state index >= 15 is 0 Å². The van der Waals surface area contributed by atoms with Crippen molar-refractivity contribution in [3.8, 4) is 45.3 Å². The third kappa shape index (κ3) is 4.42. The fourth-order valence-electron chi connectivity index (χ4n) is 7.31. The molecule has 0 aliphatic heterocycles. The standard InChI is InChI=1S/C45H27N3O/c1-2-13-28(14-3-1)43-46-44(48-45(47-43)38-24-12-26-41-42(38)37-19-8-9-25-40(37)49-41)36-23-11-20-32-33(36)21-10-22-35(32)39-27-29-15-4-5-16-30(29)31-17-6-7-18-34(31)39/h1-27H. The lowest BCUT2D eigenvalue weighted by atomic mass is 9.90. The van der Waals surface area contributed by atoms with E-state index in [1.165, 1.54) is 32.7 Å². The van der Waals surface area contributed by atoms with E-state index in [9.17, 15) is 0 Å². The van der Waals surface area contributed by atoms with Gasteiger partial charge in [0.1, 0.15) is 11.2 Å². The van der Waals surface area contributed by atoms with Gasteiger partial charge in [-0.2, -0.15) is 0 Å². The number of benzene rings is 8. The van der Waals surface area contributed by atoms with Gasteiger partial charge in [0.05, 0.1) is 0 Å². The minimum atomic E-state index is 0.606. The Morgan fingerprint density at radius 2 is 0.857 bits per heavy atom. The molecule has 10 aromatic rings. The molecular formula is C45H27N3O. The minimum absolute atomic E-state index is 0.606. The number of nitrogens with zero attached hydrogens (tertiary/aromatic N) is 3. The fourth-order valence-corrected chi connectivity index (χ4v) is 7.31. The molecule has 0 amide bonds. The van der Waals surface area contributed by atoms with Gasteiger partial charge < -0.3 is 4.42 Å². The molecule has 4 nitrogen and oxygen atoms in total. The van der Waals surface area contributed by atoms with Crippen molar-refractivity contribution in [1.29, 1.82) is 0 Å². The van der Waals surface area contributed by atoms with Crippen LogP contribution in [0, 0.1) is 0 Å². The highest BCUT2D eigenvalue weighted by atomic mass is 16.3. The molecule has 0 aliphatic rings. The lowest BCUT2D eigenvalue weighted by molar-refractivity contribution is 0.669. The van der Waals surface area contributed by atoms with Gasteiger partial charge in [-0.05, 0) is 61.6 Å². The predicted octanol–water partition coefficient (Wildman–Crippen LogP) is 11.9. The van der Waals surface area contributed by atoms with Gasteiger partial charge in [0.2, 0.25) is 0 Å². The third-order valence-corrected chi connectivity index (χ3v) is 9.53. The summed E-state index contributed by atoms with van der Waals surface area (Å²) in [5, 5.41) is 9.22. The number of rotatable bonds is 4. The van der Waals surface area contributed by atoms with Gasteiger partial charge in [0.25, 0.3) is 0 Å². The number of para-hydroxylation sites is 1. The van der Waals surface area contributed by atoms with E-state index in [1.807, 2.05) is 60.7 Å². The van der Waals surface area contributed by atoms with Crippen LogP contribution in [0.2, 0.25) is 0 Å². The Bertz CT molecular complexity index is 2890. The Hall–Kier alpha value is -6.65. The summed E-state index contributed by atoms with van der Waals surface area (Å²) in [5.41, 5.74) is 6.82. The number of fused-ring (bicyclic) bond motifs is 7. The second-order valence-corrected chi connectivity index (χ2v) is 12.3. The molecule has 0 unspecified atom stereocenters. The van der Waals surface area contributed by atoms with Crippen LogP contribution in [0.4, 0.5) is 0 Å². The Labute approximate surface area is 282 Å². The van der Waals surface area contributed by atoms with Gasteiger partial charge in [-0.25, -0.2) is 15.0 Å². The molecule has 0 aliphatic carbocycles. The minimum Gasteiger partial charge on any atom is -0.456 e. The van der Waals surface area contributed by atoms with Crippen LogP contribution in [0.25, 0.3) is 99.5 Å². The molecule has 0 N–H and O–H groups in total. The summed E-state index contributed by atoms with van der Waals surface area (Å²) in [4.78, 5) is 15.4. The first-order valence-electron chi connectivity index (χ1n) is 16.5. The SMILES string of the molecule is c1ccc(-c2nc(-c3cccc4c(-c5cc6ccccc6c6ccccc56)cccc34)nc(-c3cccc4oc5ccccc5c34)n2)cc1. The molecule has 10 rings (SSSR count). The van der Waals surface area contributed by atoms with Gasteiger partial charge in [-0.15, -0.1) is 0 Å². The van der Waals surface area contributed by atoms with E-state index in [0.717, 1.165) is 49.4 Å². The van der Waals surface area contributed by atoms with Crippen molar-refractivity contribution in [1.82, 2.24) is 15.0 Å². The lowest BCUT2D eigenvalue weighted by Gasteiger charge is -2.15. The lowest BCUT2D eigenvalue weighted by Crippen LogP contribution is -2.01. The van der Waals surface area contributed by atoms with Crippen LogP contribution < -0.4 is 0 Å². The number of aromatic nitrogens is 3. The van der Waals surface area contributed by atoms with Gasteiger partial charge in [0, 0.05) is 27.5 Å². The summed E-state index contributed by atoms with van der Waals surface area (Å²) >= 11 is 0. The zero-order valence-corrected chi connectivity index (χ0v) is 26.3.